The second-order valence-electron chi connectivity index (χ2n) is 6.28. The first-order valence-corrected chi connectivity index (χ1v) is 9.50. The number of allylic oxidation sites excluding steroid dienone is 1. The first kappa shape index (κ1) is 20.5. The van der Waals surface area contributed by atoms with E-state index in [-0.39, 0.29) is 12.3 Å². The van der Waals surface area contributed by atoms with Crippen LogP contribution in [0.15, 0.2) is 54.8 Å². The minimum Gasteiger partial charge on any atom is -0.490 e. The minimum absolute atomic E-state index is 0.173. The largest absolute Gasteiger partial charge is 0.490 e. The second kappa shape index (κ2) is 9.30. The van der Waals surface area contributed by atoms with E-state index in [0.717, 1.165) is 11.1 Å². The molecule has 0 atom stereocenters. The van der Waals surface area contributed by atoms with Gasteiger partial charge in [-0.15, -0.1) is 6.58 Å². The normalized spacial score (nSPS) is 14.5. The summed E-state index contributed by atoms with van der Waals surface area (Å²) in [6, 6.07) is 10.6. The van der Waals surface area contributed by atoms with E-state index in [1.54, 1.807) is 18.2 Å². The molecule has 150 valence electrons. The Kier molecular flexibility index (Phi) is 6.57. The van der Waals surface area contributed by atoms with Crippen LogP contribution in [0.4, 0.5) is 4.79 Å². The molecule has 0 radical (unpaired) electrons. The van der Waals surface area contributed by atoms with Crippen molar-refractivity contribution in [3.63, 3.8) is 0 Å². The monoisotopic (exact) mass is 412 g/mol. The highest BCUT2D eigenvalue weighted by Crippen LogP contribution is 2.35. The standard InChI is InChI=1S/C22H21ClN2O4/c1-3-7-15-10-14(11-18-21(26)25-22(27)24-18)12-19(28-4-2)20(15)29-13-16-8-5-6-9-17(16)23/h3,5-6,8-12H,1,4,7,13H2,2H3,(H2,24,25,26,27). The number of rotatable bonds is 8. The van der Waals surface area contributed by atoms with E-state index in [4.69, 9.17) is 21.1 Å². The van der Waals surface area contributed by atoms with Crippen molar-refractivity contribution in [1.82, 2.24) is 10.6 Å². The third-order valence-electron chi connectivity index (χ3n) is 4.18. The quantitative estimate of drug-likeness (QED) is 0.386. The van der Waals surface area contributed by atoms with Gasteiger partial charge in [0.15, 0.2) is 11.5 Å². The number of amides is 3. The van der Waals surface area contributed by atoms with E-state index in [1.807, 2.05) is 37.3 Å². The highest BCUT2D eigenvalue weighted by molar-refractivity contribution is 6.31. The molecule has 7 heteroatoms. The molecule has 2 N–H and O–H groups in total. The molecule has 1 fully saturated rings. The first-order chi connectivity index (χ1) is 14.0. The van der Waals surface area contributed by atoms with Gasteiger partial charge in [0.1, 0.15) is 12.3 Å². The third-order valence-corrected chi connectivity index (χ3v) is 4.55. The van der Waals surface area contributed by atoms with Crippen LogP contribution in [0.1, 0.15) is 23.6 Å². The molecule has 29 heavy (non-hydrogen) atoms. The molecule has 1 aliphatic heterocycles. The van der Waals surface area contributed by atoms with Gasteiger partial charge in [0, 0.05) is 16.1 Å². The van der Waals surface area contributed by atoms with Gasteiger partial charge in [0.05, 0.1) is 6.61 Å². The Labute approximate surface area is 174 Å². The van der Waals surface area contributed by atoms with Gasteiger partial charge in [-0.1, -0.05) is 35.9 Å². The Morgan fingerprint density at radius 3 is 2.55 bits per heavy atom. The highest BCUT2D eigenvalue weighted by atomic mass is 35.5. The topological polar surface area (TPSA) is 76.7 Å². The number of nitrogens with one attached hydrogen (secondary N) is 2. The number of imide groups is 1. The second-order valence-corrected chi connectivity index (χ2v) is 6.69. The number of hydrogen-bond donors (Lipinski definition) is 2. The molecule has 6 nitrogen and oxygen atoms in total. The molecule has 0 aliphatic carbocycles. The van der Waals surface area contributed by atoms with Crippen LogP contribution in [0.2, 0.25) is 5.02 Å². The van der Waals surface area contributed by atoms with Crippen LogP contribution in [0.3, 0.4) is 0 Å². The molecule has 0 spiro atoms. The molecule has 2 aromatic carbocycles. The van der Waals surface area contributed by atoms with E-state index >= 15 is 0 Å². The molecular formula is C22H21ClN2O4. The van der Waals surface area contributed by atoms with E-state index in [2.05, 4.69) is 17.2 Å². The molecule has 1 saturated heterocycles. The van der Waals surface area contributed by atoms with Crippen LogP contribution in [-0.4, -0.2) is 18.5 Å². The van der Waals surface area contributed by atoms with Crippen molar-refractivity contribution in [3.8, 4) is 11.5 Å². The summed E-state index contributed by atoms with van der Waals surface area (Å²) in [6.07, 6.45) is 3.88. The van der Waals surface area contributed by atoms with Crippen LogP contribution in [-0.2, 0) is 17.8 Å². The van der Waals surface area contributed by atoms with Crippen LogP contribution < -0.4 is 20.1 Å². The molecule has 3 rings (SSSR count). The van der Waals surface area contributed by atoms with Crippen molar-refractivity contribution in [1.29, 1.82) is 0 Å². The van der Waals surface area contributed by atoms with Gasteiger partial charge < -0.3 is 14.8 Å². The van der Waals surface area contributed by atoms with Gasteiger partial charge in [0.2, 0.25) is 0 Å². The molecule has 0 unspecified atom stereocenters. The van der Waals surface area contributed by atoms with Gasteiger partial charge in [-0.2, -0.15) is 0 Å². The molecule has 1 heterocycles. The Morgan fingerprint density at radius 2 is 1.90 bits per heavy atom. The lowest BCUT2D eigenvalue weighted by Crippen LogP contribution is -2.22. The van der Waals surface area contributed by atoms with Crippen LogP contribution in [0, 0.1) is 0 Å². The van der Waals surface area contributed by atoms with E-state index in [1.165, 1.54) is 0 Å². The Bertz CT molecular complexity index is 985. The van der Waals surface area contributed by atoms with Crippen LogP contribution >= 0.6 is 11.6 Å². The van der Waals surface area contributed by atoms with Crippen molar-refractivity contribution in [2.24, 2.45) is 0 Å². The lowest BCUT2D eigenvalue weighted by Gasteiger charge is -2.17. The molecule has 0 aromatic heterocycles. The zero-order valence-corrected chi connectivity index (χ0v) is 16.7. The fraction of sp³-hybridized carbons (Fsp3) is 0.182. The number of halogens is 1. The fourth-order valence-electron chi connectivity index (χ4n) is 2.92. The first-order valence-electron chi connectivity index (χ1n) is 9.12. The van der Waals surface area contributed by atoms with Crippen molar-refractivity contribution in [2.45, 2.75) is 20.0 Å². The van der Waals surface area contributed by atoms with Crippen molar-refractivity contribution in [2.75, 3.05) is 6.61 Å². The Balaban J connectivity index is 1.97. The number of carbonyl (C=O) groups excluding carboxylic acids is 2. The smallest absolute Gasteiger partial charge is 0.326 e. The highest BCUT2D eigenvalue weighted by Gasteiger charge is 2.23. The Morgan fingerprint density at radius 1 is 1.10 bits per heavy atom. The molecule has 0 bridgehead atoms. The summed E-state index contributed by atoms with van der Waals surface area (Å²) in [6.45, 7) is 6.40. The lowest BCUT2D eigenvalue weighted by atomic mass is 10.0. The average Bonchev–Trinajstić information content (AvgIpc) is 3.00. The predicted octanol–water partition coefficient (Wildman–Crippen LogP) is 4.23. The van der Waals surface area contributed by atoms with E-state index < -0.39 is 11.9 Å². The van der Waals surface area contributed by atoms with E-state index in [0.29, 0.717) is 35.1 Å². The molecule has 1 aliphatic rings. The lowest BCUT2D eigenvalue weighted by molar-refractivity contribution is -0.115. The predicted molar refractivity (Wildman–Crippen MR) is 112 cm³/mol. The van der Waals surface area contributed by atoms with Gasteiger partial charge >= 0.3 is 6.03 Å². The fourth-order valence-corrected chi connectivity index (χ4v) is 3.11. The maximum absolute atomic E-state index is 11.8. The van der Waals surface area contributed by atoms with Gasteiger partial charge in [-0.3, -0.25) is 10.1 Å². The third kappa shape index (κ3) is 4.97. The maximum atomic E-state index is 11.8. The van der Waals surface area contributed by atoms with E-state index in [9.17, 15) is 9.59 Å². The zero-order valence-electron chi connectivity index (χ0n) is 16.0. The minimum atomic E-state index is -0.544. The summed E-state index contributed by atoms with van der Waals surface area (Å²) in [4.78, 5) is 23.2. The average molecular weight is 413 g/mol. The van der Waals surface area contributed by atoms with Gasteiger partial charge in [-0.25, -0.2) is 4.79 Å². The van der Waals surface area contributed by atoms with Crippen molar-refractivity contribution < 1.29 is 19.1 Å². The van der Waals surface area contributed by atoms with Gasteiger partial charge in [-0.05, 0) is 43.2 Å². The number of carbonyl (C=O) groups is 2. The number of ether oxygens (including phenoxy) is 2. The Hall–Kier alpha value is -3.25. The SMILES string of the molecule is C=CCc1cc(C=C2NC(=O)NC2=O)cc(OCC)c1OCc1ccccc1Cl. The maximum Gasteiger partial charge on any atom is 0.326 e. The molecular weight excluding hydrogens is 392 g/mol. The van der Waals surface area contributed by atoms with Crippen LogP contribution in [0.5, 0.6) is 11.5 Å². The van der Waals surface area contributed by atoms with Crippen molar-refractivity contribution in [3.05, 3.63) is 76.5 Å². The number of hydrogen-bond acceptors (Lipinski definition) is 4. The number of urea groups is 1. The summed E-state index contributed by atoms with van der Waals surface area (Å²) in [5.74, 6) is 0.654. The summed E-state index contributed by atoms with van der Waals surface area (Å²) in [5.41, 5.74) is 2.57. The van der Waals surface area contributed by atoms with Crippen molar-refractivity contribution >= 4 is 29.6 Å². The summed E-state index contributed by atoms with van der Waals surface area (Å²) in [7, 11) is 0. The van der Waals surface area contributed by atoms with Crippen LogP contribution in [0.25, 0.3) is 6.08 Å². The molecule has 2 aromatic rings. The summed E-state index contributed by atoms with van der Waals surface area (Å²) >= 11 is 6.23. The zero-order chi connectivity index (χ0) is 20.8. The summed E-state index contributed by atoms with van der Waals surface area (Å²) < 4.78 is 11.9. The number of benzene rings is 2. The molecule has 0 saturated carbocycles. The summed E-state index contributed by atoms with van der Waals surface area (Å²) in [5, 5.41) is 5.28. The molecule has 3 amide bonds. The van der Waals surface area contributed by atoms with Gasteiger partial charge in [0.25, 0.3) is 5.91 Å².